The molecule has 2 nitrogen and oxygen atoms in total. The molecule has 2 aromatic rings. The third-order valence-corrected chi connectivity index (χ3v) is 2.54. The normalized spacial score (nSPS) is 10.2. The molecule has 0 aliphatic carbocycles. The van der Waals surface area contributed by atoms with Crippen molar-refractivity contribution in [1.29, 1.82) is 0 Å². The summed E-state index contributed by atoms with van der Waals surface area (Å²) in [4.78, 5) is 0.487. The zero-order chi connectivity index (χ0) is 11.4. The Labute approximate surface area is 100 Å². The molecule has 0 amide bonds. The van der Waals surface area contributed by atoms with Crippen molar-refractivity contribution in [2.45, 2.75) is 6.42 Å². The second-order valence-electron chi connectivity index (χ2n) is 3.57. The Balaban J connectivity index is 2.10. The van der Waals surface area contributed by atoms with Crippen LogP contribution in [0.3, 0.4) is 0 Å². The fourth-order valence-electron chi connectivity index (χ4n) is 1.53. The molecule has 0 fully saturated rings. The van der Waals surface area contributed by atoms with Gasteiger partial charge in [-0.1, -0.05) is 42.5 Å². The van der Waals surface area contributed by atoms with Crippen LogP contribution in [0.4, 0.5) is 0 Å². The Hall–Kier alpha value is -1.61. The van der Waals surface area contributed by atoms with E-state index in [1.165, 1.54) is 10.8 Å². The van der Waals surface area contributed by atoms with E-state index in [1.807, 2.05) is 30.3 Å². The van der Waals surface area contributed by atoms with Gasteiger partial charge in [-0.3, -0.25) is 0 Å². The monoisotopic (exact) mass is 231 g/mol. The summed E-state index contributed by atoms with van der Waals surface area (Å²) in [7, 11) is 0. The molecule has 16 heavy (non-hydrogen) atoms. The van der Waals surface area contributed by atoms with Crippen molar-refractivity contribution in [2.75, 3.05) is 6.61 Å². The summed E-state index contributed by atoms with van der Waals surface area (Å²) in [6, 6.07) is 14.2. The predicted octanol–water partition coefficient (Wildman–Crippen LogP) is 2.89. The van der Waals surface area contributed by atoms with Gasteiger partial charge in [0.25, 0.3) is 0 Å². The highest BCUT2D eigenvalue weighted by molar-refractivity contribution is 7.80. The lowest BCUT2D eigenvalue weighted by atomic mass is 10.1. The molecule has 0 aromatic heterocycles. The smallest absolute Gasteiger partial charge is 0.119 e. The van der Waals surface area contributed by atoms with Gasteiger partial charge in [0.2, 0.25) is 0 Å². The van der Waals surface area contributed by atoms with Gasteiger partial charge in [-0.25, -0.2) is 0 Å². The van der Waals surface area contributed by atoms with E-state index < -0.39 is 0 Å². The minimum absolute atomic E-state index is 0.487. The summed E-state index contributed by atoms with van der Waals surface area (Å²) in [6.45, 7) is 0.535. The van der Waals surface area contributed by atoms with Crippen molar-refractivity contribution < 1.29 is 4.74 Å². The number of hydrogen-bond acceptors (Lipinski definition) is 2. The molecule has 0 bridgehead atoms. The van der Waals surface area contributed by atoms with Crippen LogP contribution in [0.2, 0.25) is 0 Å². The Morgan fingerprint density at radius 2 is 1.88 bits per heavy atom. The molecule has 2 aromatic carbocycles. The van der Waals surface area contributed by atoms with Crippen LogP contribution < -0.4 is 10.5 Å². The highest BCUT2D eigenvalue weighted by Crippen LogP contribution is 2.20. The quantitative estimate of drug-likeness (QED) is 0.822. The van der Waals surface area contributed by atoms with Gasteiger partial charge in [0, 0.05) is 6.42 Å². The van der Waals surface area contributed by atoms with Crippen LogP contribution in [0.5, 0.6) is 5.75 Å². The topological polar surface area (TPSA) is 35.2 Å². The van der Waals surface area contributed by atoms with Crippen molar-refractivity contribution in [3.05, 3.63) is 42.5 Å². The lowest BCUT2D eigenvalue weighted by Gasteiger charge is -2.06. The van der Waals surface area contributed by atoms with Gasteiger partial charge in [-0.05, 0) is 22.9 Å². The maximum atomic E-state index is 5.56. The Morgan fingerprint density at radius 3 is 2.62 bits per heavy atom. The number of rotatable bonds is 4. The molecule has 0 spiro atoms. The lowest BCUT2D eigenvalue weighted by Crippen LogP contribution is -2.12. The van der Waals surface area contributed by atoms with Crippen LogP contribution >= 0.6 is 12.2 Å². The van der Waals surface area contributed by atoms with E-state index in [4.69, 9.17) is 22.7 Å². The highest BCUT2D eigenvalue weighted by Gasteiger charge is 1.97. The molecule has 0 heterocycles. The van der Waals surface area contributed by atoms with Gasteiger partial charge in [0.05, 0.1) is 11.6 Å². The second-order valence-corrected chi connectivity index (χ2v) is 4.10. The highest BCUT2D eigenvalue weighted by atomic mass is 32.1. The van der Waals surface area contributed by atoms with Crippen LogP contribution in [0, 0.1) is 0 Å². The first-order valence-corrected chi connectivity index (χ1v) is 5.56. The SMILES string of the molecule is NC(=S)CCOc1ccc2ccccc2c1. The van der Waals surface area contributed by atoms with E-state index in [1.54, 1.807) is 0 Å². The molecule has 0 saturated heterocycles. The van der Waals surface area contributed by atoms with Gasteiger partial charge in [0.15, 0.2) is 0 Å². The van der Waals surface area contributed by atoms with Crippen LogP contribution in [0.1, 0.15) is 6.42 Å². The predicted molar refractivity (Wildman–Crippen MR) is 70.8 cm³/mol. The van der Waals surface area contributed by atoms with Crippen LogP contribution in [-0.4, -0.2) is 11.6 Å². The molecule has 0 saturated carbocycles. The standard InChI is InChI=1S/C13H13NOS/c14-13(16)7-8-15-12-6-5-10-3-1-2-4-11(10)9-12/h1-6,9H,7-8H2,(H2,14,16). The summed E-state index contributed by atoms with van der Waals surface area (Å²) in [5.74, 6) is 0.856. The lowest BCUT2D eigenvalue weighted by molar-refractivity contribution is 0.330. The molecular formula is C13H13NOS. The van der Waals surface area contributed by atoms with Crippen molar-refractivity contribution >= 4 is 28.0 Å². The molecule has 82 valence electrons. The fourth-order valence-corrected chi connectivity index (χ4v) is 1.61. The molecule has 2 N–H and O–H groups in total. The van der Waals surface area contributed by atoms with Crippen molar-refractivity contribution in [3.63, 3.8) is 0 Å². The number of nitrogens with two attached hydrogens (primary N) is 1. The van der Waals surface area contributed by atoms with E-state index >= 15 is 0 Å². The van der Waals surface area contributed by atoms with Crippen LogP contribution in [0.25, 0.3) is 10.8 Å². The zero-order valence-corrected chi connectivity index (χ0v) is 9.67. The molecular weight excluding hydrogens is 218 g/mol. The second kappa shape index (κ2) is 4.94. The van der Waals surface area contributed by atoms with E-state index in [0.29, 0.717) is 18.0 Å². The third-order valence-electron chi connectivity index (χ3n) is 2.34. The largest absolute Gasteiger partial charge is 0.493 e. The van der Waals surface area contributed by atoms with E-state index in [0.717, 1.165) is 5.75 Å². The Bertz CT molecular complexity index is 510. The Morgan fingerprint density at radius 1 is 1.12 bits per heavy atom. The summed E-state index contributed by atoms with van der Waals surface area (Å²) in [5, 5.41) is 2.39. The minimum Gasteiger partial charge on any atom is -0.493 e. The van der Waals surface area contributed by atoms with Crippen molar-refractivity contribution in [2.24, 2.45) is 5.73 Å². The van der Waals surface area contributed by atoms with Crippen molar-refractivity contribution in [3.8, 4) is 5.75 Å². The van der Waals surface area contributed by atoms with Crippen LogP contribution in [0.15, 0.2) is 42.5 Å². The average Bonchev–Trinajstić information content (AvgIpc) is 2.28. The number of hydrogen-bond donors (Lipinski definition) is 1. The number of thiocarbonyl (C=S) groups is 1. The summed E-state index contributed by atoms with van der Waals surface area (Å²) < 4.78 is 5.56. The van der Waals surface area contributed by atoms with E-state index in [2.05, 4.69) is 12.1 Å². The maximum absolute atomic E-state index is 5.56. The summed E-state index contributed by atoms with van der Waals surface area (Å²) in [5.41, 5.74) is 5.40. The first-order valence-electron chi connectivity index (χ1n) is 5.15. The molecule has 0 unspecified atom stereocenters. The summed E-state index contributed by atoms with van der Waals surface area (Å²) >= 11 is 4.79. The van der Waals surface area contributed by atoms with E-state index in [9.17, 15) is 0 Å². The summed E-state index contributed by atoms with van der Waals surface area (Å²) in [6.07, 6.45) is 0.613. The van der Waals surface area contributed by atoms with Gasteiger partial charge < -0.3 is 10.5 Å². The first kappa shape index (κ1) is 10.9. The average molecular weight is 231 g/mol. The van der Waals surface area contributed by atoms with Gasteiger partial charge >= 0.3 is 0 Å². The molecule has 2 rings (SSSR count). The number of benzene rings is 2. The van der Waals surface area contributed by atoms with Gasteiger partial charge in [-0.15, -0.1) is 0 Å². The Kier molecular flexibility index (Phi) is 3.37. The zero-order valence-electron chi connectivity index (χ0n) is 8.85. The molecule has 0 atom stereocenters. The van der Waals surface area contributed by atoms with E-state index in [-0.39, 0.29) is 0 Å². The molecule has 3 heteroatoms. The maximum Gasteiger partial charge on any atom is 0.119 e. The van der Waals surface area contributed by atoms with Gasteiger partial charge in [-0.2, -0.15) is 0 Å². The fraction of sp³-hybridized carbons (Fsp3) is 0.154. The number of fused-ring (bicyclic) bond motifs is 1. The third kappa shape index (κ3) is 2.70. The first-order chi connectivity index (χ1) is 7.75. The van der Waals surface area contributed by atoms with Crippen LogP contribution in [-0.2, 0) is 0 Å². The van der Waals surface area contributed by atoms with Crippen molar-refractivity contribution in [1.82, 2.24) is 0 Å². The minimum atomic E-state index is 0.487. The molecule has 0 aliphatic heterocycles. The number of ether oxygens (including phenoxy) is 1. The van der Waals surface area contributed by atoms with Gasteiger partial charge in [0.1, 0.15) is 5.75 Å². The molecule has 0 aliphatic rings. The molecule has 0 radical (unpaired) electrons.